The molecule has 0 aliphatic heterocycles. The molecule has 1 rings (SSSR count). The molecule has 0 aliphatic rings. The Labute approximate surface area is 74.1 Å². The van der Waals surface area contributed by atoms with Crippen molar-refractivity contribution in [3.05, 3.63) is 34.6 Å². The van der Waals surface area contributed by atoms with Crippen LogP contribution in [-0.2, 0) is 0 Å². The normalized spacial score (nSPS) is 13.0. The smallest absolute Gasteiger partial charge is 0.141 e. The molecule has 4 heteroatoms. The van der Waals surface area contributed by atoms with Gasteiger partial charge in [-0.15, -0.1) is 0 Å². The van der Waals surface area contributed by atoms with Crippen LogP contribution in [0.25, 0.3) is 0 Å². The van der Waals surface area contributed by atoms with Crippen molar-refractivity contribution in [2.45, 2.75) is 6.04 Å². The summed E-state index contributed by atoms with van der Waals surface area (Å²) in [6, 6.07) is 3.21. The van der Waals surface area contributed by atoms with Crippen LogP contribution in [0.2, 0.25) is 5.02 Å². The highest BCUT2D eigenvalue weighted by molar-refractivity contribution is 6.30. The van der Waals surface area contributed by atoms with Gasteiger partial charge in [0.2, 0.25) is 0 Å². The first-order valence-corrected chi connectivity index (χ1v) is 3.79. The Kier molecular flexibility index (Phi) is 3.00. The van der Waals surface area contributed by atoms with Crippen LogP contribution in [0.3, 0.4) is 0 Å². The summed E-state index contributed by atoms with van der Waals surface area (Å²) in [5.41, 5.74) is 5.86. The van der Waals surface area contributed by atoms with E-state index in [1.165, 1.54) is 18.2 Å². The molecule has 0 bridgehead atoms. The van der Waals surface area contributed by atoms with E-state index in [1.54, 1.807) is 0 Å². The number of rotatable bonds is 2. The van der Waals surface area contributed by atoms with Crippen LogP contribution < -0.4 is 5.73 Å². The molecule has 0 amide bonds. The summed E-state index contributed by atoms with van der Waals surface area (Å²) in [7, 11) is 0. The van der Waals surface area contributed by atoms with Crippen molar-refractivity contribution < 1.29 is 8.78 Å². The van der Waals surface area contributed by atoms with Crippen LogP contribution in [0.15, 0.2) is 18.2 Å². The minimum Gasteiger partial charge on any atom is -0.322 e. The van der Waals surface area contributed by atoms with E-state index in [0.29, 0.717) is 5.56 Å². The van der Waals surface area contributed by atoms with Crippen LogP contribution in [0.1, 0.15) is 11.6 Å². The molecule has 0 radical (unpaired) electrons. The predicted molar refractivity (Wildman–Crippen MR) is 44.3 cm³/mol. The highest BCUT2D eigenvalue weighted by Crippen LogP contribution is 2.19. The van der Waals surface area contributed by atoms with E-state index in [9.17, 15) is 8.78 Å². The van der Waals surface area contributed by atoms with Crippen LogP contribution in [-0.4, -0.2) is 6.67 Å². The second-order valence-corrected chi connectivity index (χ2v) is 2.84. The van der Waals surface area contributed by atoms with E-state index < -0.39 is 18.5 Å². The van der Waals surface area contributed by atoms with E-state index in [0.717, 1.165) is 0 Å². The molecule has 0 saturated heterocycles. The van der Waals surface area contributed by atoms with Crippen LogP contribution in [0, 0.1) is 5.82 Å². The van der Waals surface area contributed by atoms with E-state index in [-0.39, 0.29) is 5.02 Å². The topological polar surface area (TPSA) is 26.0 Å². The number of nitrogens with two attached hydrogens (primary N) is 1. The Bertz CT molecular complexity index is 278. The van der Waals surface area contributed by atoms with Crippen molar-refractivity contribution in [1.82, 2.24) is 0 Å². The van der Waals surface area contributed by atoms with Gasteiger partial charge in [0.05, 0.1) is 11.1 Å². The molecule has 66 valence electrons. The number of halogens is 3. The fraction of sp³-hybridized carbons (Fsp3) is 0.250. The van der Waals surface area contributed by atoms with Gasteiger partial charge in [0.25, 0.3) is 0 Å². The summed E-state index contributed by atoms with van der Waals surface area (Å²) < 4.78 is 24.6. The van der Waals surface area contributed by atoms with Gasteiger partial charge in [-0.2, -0.15) is 0 Å². The zero-order valence-corrected chi connectivity index (χ0v) is 6.98. The molecule has 0 aliphatic carbocycles. The molecule has 12 heavy (non-hydrogen) atoms. The average molecular weight is 192 g/mol. The molecular weight excluding hydrogens is 184 g/mol. The van der Waals surface area contributed by atoms with Crippen molar-refractivity contribution >= 4 is 11.6 Å². The second-order valence-electron chi connectivity index (χ2n) is 2.43. The minimum atomic E-state index is -0.719. The van der Waals surface area contributed by atoms with Crippen molar-refractivity contribution in [3.8, 4) is 0 Å². The lowest BCUT2D eigenvalue weighted by Gasteiger charge is -2.07. The molecule has 1 nitrogen and oxygen atoms in total. The van der Waals surface area contributed by atoms with E-state index in [1.807, 2.05) is 0 Å². The van der Waals surface area contributed by atoms with Gasteiger partial charge in [0.15, 0.2) is 0 Å². The molecular formula is C8H8ClF2N. The third-order valence-electron chi connectivity index (χ3n) is 1.54. The van der Waals surface area contributed by atoms with E-state index >= 15 is 0 Å². The second kappa shape index (κ2) is 3.83. The SMILES string of the molecule is NC(CF)c1ccc(F)c(Cl)c1. The lowest BCUT2D eigenvalue weighted by atomic mass is 10.1. The number of alkyl halides is 1. The third-order valence-corrected chi connectivity index (χ3v) is 1.83. The van der Waals surface area contributed by atoms with Crippen molar-refractivity contribution in [1.29, 1.82) is 0 Å². The first-order chi connectivity index (χ1) is 5.65. The molecule has 1 aromatic rings. The maximum absolute atomic E-state index is 12.6. The van der Waals surface area contributed by atoms with E-state index in [2.05, 4.69) is 0 Å². The van der Waals surface area contributed by atoms with Gasteiger partial charge >= 0.3 is 0 Å². The predicted octanol–water partition coefficient (Wildman–Crippen LogP) is 2.45. The van der Waals surface area contributed by atoms with Crippen molar-refractivity contribution in [2.24, 2.45) is 5.73 Å². The molecule has 1 unspecified atom stereocenters. The molecule has 0 saturated carbocycles. The largest absolute Gasteiger partial charge is 0.322 e. The Morgan fingerprint density at radius 1 is 1.50 bits per heavy atom. The standard InChI is InChI=1S/C8H8ClF2N/c9-6-3-5(8(12)4-10)1-2-7(6)11/h1-3,8H,4,12H2. The molecule has 1 aromatic carbocycles. The maximum atomic E-state index is 12.6. The zero-order valence-electron chi connectivity index (χ0n) is 6.23. The van der Waals surface area contributed by atoms with Gasteiger partial charge in [-0.3, -0.25) is 0 Å². The van der Waals surface area contributed by atoms with Gasteiger partial charge in [0.1, 0.15) is 12.5 Å². The minimum absolute atomic E-state index is 0.0311. The summed E-state index contributed by atoms with van der Waals surface area (Å²) in [4.78, 5) is 0. The van der Waals surface area contributed by atoms with Crippen molar-refractivity contribution in [2.75, 3.05) is 6.67 Å². The lowest BCUT2D eigenvalue weighted by Crippen LogP contribution is -2.11. The van der Waals surface area contributed by atoms with Gasteiger partial charge in [-0.1, -0.05) is 17.7 Å². The number of hydrogen-bond acceptors (Lipinski definition) is 1. The monoisotopic (exact) mass is 191 g/mol. The fourth-order valence-corrected chi connectivity index (χ4v) is 1.02. The fourth-order valence-electron chi connectivity index (χ4n) is 0.832. The average Bonchev–Trinajstić information content (AvgIpc) is 2.08. The Balaban J connectivity index is 2.96. The zero-order chi connectivity index (χ0) is 9.14. The van der Waals surface area contributed by atoms with E-state index in [4.69, 9.17) is 17.3 Å². The third kappa shape index (κ3) is 1.93. The van der Waals surface area contributed by atoms with Gasteiger partial charge in [-0.05, 0) is 17.7 Å². The van der Waals surface area contributed by atoms with Crippen LogP contribution >= 0.6 is 11.6 Å². The highest BCUT2D eigenvalue weighted by Gasteiger charge is 2.07. The van der Waals surface area contributed by atoms with Gasteiger partial charge < -0.3 is 5.73 Å². The maximum Gasteiger partial charge on any atom is 0.141 e. The molecule has 1 atom stereocenters. The molecule has 2 N–H and O–H groups in total. The molecule has 0 heterocycles. The summed E-state index contributed by atoms with van der Waals surface area (Å²) >= 11 is 5.46. The summed E-state index contributed by atoms with van der Waals surface area (Å²) in [6.45, 7) is -0.679. The Morgan fingerprint density at radius 3 is 2.67 bits per heavy atom. The lowest BCUT2D eigenvalue weighted by molar-refractivity contribution is 0.437. The Morgan fingerprint density at radius 2 is 2.17 bits per heavy atom. The molecule has 0 fully saturated rings. The van der Waals surface area contributed by atoms with Crippen LogP contribution in [0.5, 0.6) is 0 Å². The number of hydrogen-bond donors (Lipinski definition) is 1. The first-order valence-electron chi connectivity index (χ1n) is 3.41. The quantitative estimate of drug-likeness (QED) is 0.764. The summed E-state index contributed by atoms with van der Waals surface area (Å²) in [6.07, 6.45) is 0. The summed E-state index contributed by atoms with van der Waals surface area (Å²) in [5, 5.41) is -0.0311. The first kappa shape index (κ1) is 9.42. The summed E-state index contributed by atoms with van der Waals surface area (Å²) in [5.74, 6) is -0.522. The Hall–Kier alpha value is -0.670. The molecule has 0 spiro atoms. The van der Waals surface area contributed by atoms with Crippen molar-refractivity contribution in [3.63, 3.8) is 0 Å². The highest BCUT2D eigenvalue weighted by atomic mass is 35.5. The van der Waals surface area contributed by atoms with Gasteiger partial charge in [-0.25, -0.2) is 8.78 Å². The molecule has 0 aromatic heterocycles. The number of benzene rings is 1. The van der Waals surface area contributed by atoms with Crippen LogP contribution in [0.4, 0.5) is 8.78 Å². The van der Waals surface area contributed by atoms with Gasteiger partial charge in [0, 0.05) is 0 Å².